The van der Waals surface area contributed by atoms with Crippen LogP contribution in [0.3, 0.4) is 0 Å². The number of hydrogen-bond acceptors (Lipinski definition) is 4. The molecule has 16 heavy (non-hydrogen) atoms. The predicted octanol–water partition coefficient (Wildman–Crippen LogP) is 1.81. The normalized spacial score (nSPS) is 10.9. The van der Waals surface area contributed by atoms with Gasteiger partial charge in [-0.3, -0.25) is 9.67 Å². The van der Waals surface area contributed by atoms with E-state index in [4.69, 9.17) is 0 Å². The Morgan fingerprint density at radius 3 is 3.06 bits per heavy atom. The molecule has 2 aromatic rings. The SMILES string of the molecule is CCNCc1cn(Cc2cncs2)nc1C. The van der Waals surface area contributed by atoms with Gasteiger partial charge in [-0.25, -0.2) is 0 Å². The molecule has 0 spiro atoms. The van der Waals surface area contributed by atoms with Gasteiger partial charge in [0.2, 0.25) is 0 Å². The second-order valence-corrected chi connectivity index (χ2v) is 4.66. The van der Waals surface area contributed by atoms with Gasteiger partial charge in [-0.1, -0.05) is 6.92 Å². The van der Waals surface area contributed by atoms with Gasteiger partial charge in [0.1, 0.15) is 0 Å². The number of aryl methyl sites for hydroxylation is 1. The lowest BCUT2D eigenvalue weighted by Gasteiger charge is -1.98. The number of nitrogens with zero attached hydrogens (tertiary/aromatic N) is 3. The molecule has 0 aliphatic rings. The molecule has 0 aliphatic heterocycles. The summed E-state index contributed by atoms with van der Waals surface area (Å²) in [5, 5.41) is 7.81. The Hall–Kier alpha value is -1.20. The molecule has 0 atom stereocenters. The van der Waals surface area contributed by atoms with Crippen LogP contribution in [-0.2, 0) is 13.1 Å². The molecule has 0 fully saturated rings. The fourth-order valence-corrected chi connectivity index (χ4v) is 2.14. The molecular formula is C11H16N4S. The molecule has 2 heterocycles. The third kappa shape index (κ3) is 2.68. The van der Waals surface area contributed by atoms with Crippen molar-refractivity contribution >= 4 is 11.3 Å². The van der Waals surface area contributed by atoms with E-state index in [1.165, 1.54) is 10.4 Å². The fourth-order valence-electron chi connectivity index (χ4n) is 1.55. The summed E-state index contributed by atoms with van der Waals surface area (Å²) in [5.41, 5.74) is 4.22. The number of hydrogen-bond donors (Lipinski definition) is 1. The molecule has 0 amide bonds. The van der Waals surface area contributed by atoms with E-state index < -0.39 is 0 Å². The Labute approximate surface area is 99.3 Å². The van der Waals surface area contributed by atoms with E-state index in [9.17, 15) is 0 Å². The van der Waals surface area contributed by atoms with Gasteiger partial charge >= 0.3 is 0 Å². The first-order valence-corrected chi connectivity index (χ1v) is 6.28. The van der Waals surface area contributed by atoms with Crippen LogP contribution < -0.4 is 5.32 Å². The summed E-state index contributed by atoms with van der Waals surface area (Å²) in [6.45, 7) is 6.86. The van der Waals surface area contributed by atoms with Crippen molar-refractivity contribution in [1.29, 1.82) is 0 Å². The van der Waals surface area contributed by atoms with E-state index >= 15 is 0 Å². The van der Waals surface area contributed by atoms with Crippen molar-refractivity contribution in [3.05, 3.63) is 34.0 Å². The van der Waals surface area contributed by atoms with Gasteiger partial charge in [-0.05, 0) is 13.5 Å². The molecule has 0 saturated heterocycles. The highest BCUT2D eigenvalue weighted by Crippen LogP contribution is 2.10. The number of nitrogens with one attached hydrogen (secondary N) is 1. The summed E-state index contributed by atoms with van der Waals surface area (Å²) in [4.78, 5) is 5.30. The first kappa shape index (κ1) is 11.3. The fraction of sp³-hybridized carbons (Fsp3) is 0.455. The molecule has 86 valence electrons. The van der Waals surface area contributed by atoms with Gasteiger partial charge < -0.3 is 5.32 Å². The molecular weight excluding hydrogens is 220 g/mol. The van der Waals surface area contributed by atoms with Crippen LogP contribution in [0.25, 0.3) is 0 Å². The van der Waals surface area contributed by atoms with E-state index in [0.717, 1.165) is 25.3 Å². The molecule has 0 aromatic carbocycles. The molecule has 2 aromatic heterocycles. The first-order valence-electron chi connectivity index (χ1n) is 5.40. The molecule has 0 unspecified atom stereocenters. The van der Waals surface area contributed by atoms with Gasteiger partial charge in [0.05, 0.1) is 17.7 Å². The summed E-state index contributed by atoms with van der Waals surface area (Å²) in [6, 6.07) is 0. The van der Waals surface area contributed by atoms with E-state index in [0.29, 0.717) is 0 Å². The lowest BCUT2D eigenvalue weighted by Crippen LogP contribution is -2.11. The maximum absolute atomic E-state index is 4.49. The lowest BCUT2D eigenvalue weighted by atomic mass is 10.2. The Morgan fingerprint density at radius 2 is 2.38 bits per heavy atom. The van der Waals surface area contributed by atoms with Crippen LogP contribution in [0.5, 0.6) is 0 Å². The summed E-state index contributed by atoms with van der Waals surface area (Å²) in [5.74, 6) is 0. The minimum absolute atomic E-state index is 0.817. The highest BCUT2D eigenvalue weighted by atomic mass is 32.1. The van der Waals surface area contributed by atoms with Crippen LogP contribution in [0.1, 0.15) is 23.1 Å². The van der Waals surface area contributed by atoms with Gasteiger partial charge in [-0.2, -0.15) is 5.10 Å². The molecule has 4 nitrogen and oxygen atoms in total. The van der Waals surface area contributed by atoms with Gasteiger partial charge in [0, 0.05) is 29.4 Å². The Kier molecular flexibility index (Phi) is 3.69. The molecule has 5 heteroatoms. The Balaban J connectivity index is 2.05. The van der Waals surface area contributed by atoms with E-state index in [1.54, 1.807) is 11.3 Å². The van der Waals surface area contributed by atoms with Crippen LogP contribution in [0.2, 0.25) is 0 Å². The van der Waals surface area contributed by atoms with Crippen LogP contribution in [0.15, 0.2) is 17.9 Å². The Bertz CT molecular complexity index is 433. The zero-order valence-corrected chi connectivity index (χ0v) is 10.4. The highest BCUT2D eigenvalue weighted by Gasteiger charge is 2.05. The Morgan fingerprint density at radius 1 is 1.50 bits per heavy atom. The third-order valence-corrected chi connectivity index (χ3v) is 3.18. The van der Waals surface area contributed by atoms with Crippen molar-refractivity contribution in [1.82, 2.24) is 20.1 Å². The molecule has 0 aliphatic carbocycles. The second-order valence-electron chi connectivity index (χ2n) is 3.69. The van der Waals surface area contributed by atoms with Gasteiger partial charge in [0.25, 0.3) is 0 Å². The standard InChI is InChI=1S/C11H16N4S/c1-3-12-4-10-6-15(14-9(10)2)7-11-5-13-8-16-11/h5-6,8,12H,3-4,7H2,1-2H3. The minimum Gasteiger partial charge on any atom is -0.313 e. The minimum atomic E-state index is 0.817. The van der Waals surface area contributed by atoms with Crippen LogP contribution in [0.4, 0.5) is 0 Å². The van der Waals surface area contributed by atoms with E-state index in [-0.39, 0.29) is 0 Å². The quantitative estimate of drug-likeness (QED) is 0.861. The zero-order chi connectivity index (χ0) is 11.4. The van der Waals surface area contributed by atoms with Crippen molar-refractivity contribution < 1.29 is 0 Å². The number of thiazole rings is 1. The average molecular weight is 236 g/mol. The highest BCUT2D eigenvalue weighted by molar-refractivity contribution is 7.09. The summed E-state index contributed by atoms with van der Waals surface area (Å²) >= 11 is 1.66. The zero-order valence-electron chi connectivity index (χ0n) is 9.60. The molecule has 2 rings (SSSR count). The average Bonchev–Trinajstić information content (AvgIpc) is 2.86. The summed E-state index contributed by atoms with van der Waals surface area (Å²) in [6.07, 6.45) is 4.00. The van der Waals surface area contributed by atoms with Crippen molar-refractivity contribution in [2.45, 2.75) is 26.9 Å². The topological polar surface area (TPSA) is 42.7 Å². The van der Waals surface area contributed by atoms with Crippen molar-refractivity contribution in [2.24, 2.45) is 0 Å². The monoisotopic (exact) mass is 236 g/mol. The molecule has 0 saturated carbocycles. The van der Waals surface area contributed by atoms with Crippen LogP contribution in [-0.4, -0.2) is 21.3 Å². The molecule has 0 radical (unpaired) electrons. The number of aromatic nitrogens is 3. The second kappa shape index (κ2) is 5.23. The summed E-state index contributed by atoms with van der Waals surface area (Å²) in [7, 11) is 0. The molecule has 0 bridgehead atoms. The van der Waals surface area contributed by atoms with Crippen LogP contribution >= 0.6 is 11.3 Å². The van der Waals surface area contributed by atoms with Gasteiger partial charge in [0.15, 0.2) is 0 Å². The third-order valence-electron chi connectivity index (χ3n) is 2.41. The van der Waals surface area contributed by atoms with E-state index in [2.05, 4.69) is 35.4 Å². The maximum Gasteiger partial charge on any atom is 0.0794 e. The smallest absolute Gasteiger partial charge is 0.0794 e. The lowest BCUT2D eigenvalue weighted by molar-refractivity contribution is 0.684. The van der Waals surface area contributed by atoms with E-state index in [1.807, 2.05) is 16.4 Å². The van der Waals surface area contributed by atoms with Crippen LogP contribution in [0, 0.1) is 6.92 Å². The summed E-state index contributed by atoms with van der Waals surface area (Å²) < 4.78 is 1.98. The van der Waals surface area contributed by atoms with Crippen molar-refractivity contribution in [2.75, 3.05) is 6.54 Å². The maximum atomic E-state index is 4.49. The van der Waals surface area contributed by atoms with Gasteiger partial charge in [-0.15, -0.1) is 11.3 Å². The largest absolute Gasteiger partial charge is 0.313 e. The van der Waals surface area contributed by atoms with Crippen molar-refractivity contribution in [3.8, 4) is 0 Å². The first-order chi connectivity index (χ1) is 7.79. The number of rotatable bonds is 5. The van der Waals surface area contributed by atoms with Crippen molar-refractivity contribution in [3.63, 3.8) is 0 Å². The predicted molar refractivity (Wildman–Crippen MR) is 65.6 cm³/mol. The molecule has 1 N–H and O–H groups in total.